The third-order valence-corrected chi connectivity index (χ3v) is 2.42. The first-order valence-corrected chi connectivity index (χ1v) is 5.48. The molecule has 0 saturated carbocycles. The predicted octanol–water partition coefficient (Wildman–Crippen LogP) is -1.19. The van der Waals surface area contributed by atoms with Gasteiger partial charge >= 0.3 is 5.69 Å². The van der Waals surface area contributed by atoms with E-state index in [-0.39, 0.29) is 25.2 Å². The molecule has 0 fully saturated rings. The van der Waals surface area contributed by atoms with Crippen molar-refractivity contribution in [3.8, 4) is 0 Å². The molecule has 0 radical (unpaired) electrons. The Hall–Kier alpha value is -2.28. The minimum absolute atomic E-state index is 0.203. The molecule has 0 atom stereocenters. The van der Waals surface area contributed by atoms with Gasteiger partial charge in [-0.05, 0) is 6.07 Å². The van der Waals surface area contributed by atoms with Gasteiger partial charge in [0.15, 0.2) is 0 Å². The van der Waals surface area contributed by atoms with E-state index < -0.39 is 5.69 Å². The molecular formula is C11H13N5O2. The molecule has 0 aromatic carbocycles. The van der Waals surface area contributed by atoms with Crippen LogP contribution in [0.15, 0.2) is 40.3 Å². The molecule has 0 bridgehead atoms. The summed E-state index contributed by atoms with van der Waals surface area (Å²) in [5, 5.41) is 0. The van der Waals surface area contributed by atoms with Crippen LogP contribution in [0.25, 0.3) is 0 Å². The molecule has 0 aliphatic rings. The highest BCUT2D eigenvalue weighted by atomic mass is 16.2. The molecule has 0 saturated heterocycles. The second kappa shape index (κ2) is 5.37. The highest BCUT2D eigenvalue weighted by Crippen LogP contribution is 1.90. The maximum atomic E-state index is 12.0. The van der Waals surface area contributed by atoms with Crippen LogP contribution in [-0.2, 0) is 13.1 Å². The molecule has 7 nitrogen and oxygen atoms in total. The Bertz CT molecular complexity index is 632. The summed E-state index contributed by atoms with van der Waals surface area (Å²) in [5.41, 5.74) is 4.61. The van der Waals surface area contributed by atoms with E-state index in [4.69, 9.17) is 5.73 Å². The Morgan fingerprint density at radius 1 is 1.22 bits per heavy atom. The Labute approximate surface area is 103 Å². The number of rotatable bonds is 4. The van der Waals surface area contributed by atoms with Crippen molar-refractivity contribution >= 4 is 0 Å². The highest BCUT2D eigenvalue weighted by Gasteiger charge is 2.05. The Morgan fingerprint density at radius 3 is 2.61 bits per heavy atom. The molecule has 0 spiro atoms. The minimum Gasteiger partial charge on any atom is -0.329 e. The lowest BCUT2D eigenvalue weighted by atomic mass is 10.5. The van der Waals surface area contributed by atoms with E-state index in [1.807, 2.05) is 0 Å². The number of nitrogens with two attached hydrogens (primary N) is 1. The maximum Gasteiger partial charge on any atom is 0.331 e. The van der Waals surface area contributed by atoms with Crippen molar-refractivity contribution in [3.63, 3.8) is 0 Å². The van der Waals surface area contributed by atoms with Gasteiger partial charge in [-0.25, -0.2) is 14.8 Å². The summed E-state index contributed by atoms with van der Waals surface area (Å²) in [7, 11) is 0. The van der Waals surface area contributed by atoms with Crippen molar-refractivity contribution in [3.05, 3.63) is 57.4 Å². The second-order valence-corrected chi connectivity index (χ2v) is 3.67. The molecule has 0 aliphatic heterocycles. The lowest BCUT2D eigenvalue weighted by Crippen LogP contribution is -2.40. The van der Waals surface area contributed by atoms with Crippen molar-refractivity contribution in [2.24, 2.45) is 5.73 Å². The van der Waals surface area contributed by atoms with Crippen LogP contribution in [0.2, 0.25) is 0 Å². The van der Waals surface area contributed by atoms with Crippen LogP contribution < -0.4 is 17.0 Å². The zero-order chi connectivity index (χ0) is 13.0. The fraction of sp³-hybridized carbons (Fsp3) is 0.273. The molecule has 2 N–H and O–H groups in total. The van der Waals surface area contributed by atoms with E-state index in [2.05, 4.69) is 9.97 Å². The molecule has 2 heterocycles. The number of hydrogen-bond donors (Lipinski definition) is 1. The van der Waals surface area contributed by atoms with Crippen molar-refractivity contribution in [2.75, 3.05) is 6.54 Å². The van der Waals surface area contributed by atoms with Crippen molar-refractivity contribution < 1.29 is 0 Å². The first-order valence-electron chi connectivity index (χ1n) is 5.48. The second-order valence-electron chi connectivity index (χ2n) is 3.67. The molecule has 94 valence electrons. The average molecular weight is 247 g/mol. The first-order chi connectivity index (χ1) is 8.72. The monoisotopic (exact) mass is 247 g/mol. The summed E-state index contributed by atoms with van der Waals surface area (Å²) >= 11 is 0. The summed E-state index contributed by atoms with van der Waals surface area (Å²) < 4.78 is 2.48. The van der Waals surface area contributed by atoms with Crippen LogP contribution in [0.4, 0.5) is 0 Å². The third kappa shape index (κ3) is 2.51. The van der Waals surface area contributed by atoms with Gasteiger partial charge in [0.05, 0.1) is 6.54 Å². The zero-order valence-corrected chi connectivity index (χ0v) is 9.69. The van der Waals surface area contributed by atoms with Crippen molar-refractivity contribution in [1.82, 2.24) is 19.1 Å². The van der Waals surface area contributed by atoms with E-state index in [9.17, 15) is 9.59 Å². The normalized spacial score (nSPS) is 10.5. The molecule has 0 amide bonds. The Balaban J connectivity index is 2.38. The molecule has 18 heavy (non-hydrogen) atoms. The molecular weight excluding hydrogens is 234 g/mol. The van der Waals surface area contributed by atoms with Gasteiger partial charge in [-0.3, -0.25) is 13.9 Å². The van der Waals surface area contributed by atoms with Gasteiger partial charge in [0.1, 0.15) is 5.82 Å². The van der Waals surface area contributed by atoms with E-state index >= 15 is 0 Å². The summed E-state index contributed by atoms with van der Waals surface area (Å²) in [6, 6.07) is 3.03. The standard InChI is InChI=1S/C11H13N5O2/c12-3-7-16-10(17)2-6-15(11(16)18)8-9-13-4-1-5-14-9/h1-2,4-6H,3,7-8,12H2. The maximum absolute atomic E-state index is 12.0. The van der Waals surface area contributed by atoms with Gasteiger partial charge < -0.3 is 5.73 Å². The van der Waals surface area contributed by atoms with E-state index in [0.717, 1.165) is 4.57 Å². The number of hydrogen-bond acceptors (Lipinski definition) is 5. The molecule has 0 aliphatic carbocycles. The van der Waals surface area contributed by atoms with Crippen LogP contribution in [0.3, 0.4) is 0 Å². The van der Waals surface area contributed by atoms with Crippen molar-refractivity contribution in [1.29, 1.82) is 0 Å². The van der Waals surface area contributed by atoms with Crippen LogP contribution in [0.5, 0.6) is 0 Å². The van der Waals surface area contributed by atoms with Gasteiger partial charge in [-0.2, -0.15) is 0 Å². The van der Waals surface area contributed by atoms with Crippen LogP contribution in [-0.4, -0.2) is 25.6 Å². The minimum atomic E-state index is -0.402. The SMILES string of the molecule is NCCn1c(=O)ccn(Cc2ncccn2)c1=O. The summed E-state index contributed by atoms with van der Waals surface area (Å²) in [6.45, 7) is 0.666. The zero-order valence-electron chi connectivity index (χ0n) is 9.69. The Kier molecular flexibility index (Phi) is 3.63. The highest BCUT2D eigenvalue weighted by molar-refractivity contribution is 4.93. The van der Waals surface area contributed by atoms with Crippen LogP contribution in [0.1, 0.15) is 5.82 Å². The molecule has 2 aromatic rings. The molecule has 2 aromatic heterocycles. The van der Waals surface area contributed by atoms with Crippen molar-refractivity contribution in [2.45, 2.75) is 13.1 Å². The van der Waals surface area contributed by atoms with Gasteiger partial charge in [0.25, 0.3) is 5.56 Å². The van der Waals surface area contributed by atoms with Gasteiger partial charge in [-0.15, -0.1) is 0 Å². The van der Waals surface area contributed by atoms with Crippen LogP contribution >= 0.6 is 0 Å². The van der Waals surface area contributed by atoms with Gasteiger partial charge in [-0.1, -0.05) is 0 Å². The largest absolute Gasteiger partial charge is 0.331 e. The van der Waals surface area contributed by atoms with Gasteiger partial charge in [0, 0.05) is 37.7 Å². The predicted molar refractivity (Wildman–Crippen MR) is 65.2 cm³/mol. The van der Waals surface area contributed by atoms with Crippen LogP contribution in [0, 0.1) is 0 Å². The van der Waals surface area contributed by atoms with Gasteiger partial charge in [0.2, 0.25) is 0 Å². The van der Waals surface area contributed by atoms with E-state index in [1.165, 1.54) is 16.8 Å². The molecule has 7 heteroatoms. The summed E-state index contributed by atoms with van der Waals surface area (Å²) in [6.07, 6.45) is 4.64. The first kappa shape index (κ1) is 12.2. The van der Waals surface area contributed by atoms with E-state index in [1.54, 1.807) is 18.5 Å². The average Bonchev–Trinajstić information content (AvgIpc) is 2.39. The fourth-order valence-electron chi connectivity index (χ4n) is 1.58. The third-order valence-electron chi connectivity index (χ3n) is 2.42. The fourth-order valence-corrected chi connectivity index (χ4v) is 1.58. The topological polar surface area (TPSA) is 95.8 Å². The number of nitrogens with zero attached hydrogens (tertiary/aromatic N) is 4. The quantitative estimate of drug-likeness (QED) is 0.732. The molecule has 0 unspecified atom stereocenters. The lowest BCUT2D eigenvalue weighted by Gasteiger charge is -2.07. The molecule has 2 rings (SSSR count). The summed E-state index contributed by atoms with van der Waals surface area (Å²) in [4.78, 5) is 31.6. The Morgan fingerprint density at radius 2 is 1.94 bits per heavy atom. The number of aromatic nitrogens is 4. The smallest absolute Gasteiger partial charge is 0.329 e. The summed E-state index contributed by atoms with van der Waals surface area (Å²) in [5.74, 6) is 0.512. The lowest BCUT2D eigenvalue weighted by molar-refractivity contribution is 0.571. The van der Waals surface area contributed by atoms with E-state index in [0.29, 0.717) is 5.82 Å².